The molecule has 0 aromatic carbocycles. The van der Waals surface area contributed by atoms with Crippen LogP contribution in [0.2, 0.25) is 0 Å². The topological polar surface area (TPSA) is 0 Å². The minimum absolute atomic E-state index is 0.687. The fraction of sp³-hybridized carbons (Fsp3) is 1.00. The van der Waals surface area contributed by atoms with E-state index >= 15 is 0 Å². The molecule has 2 aliphatic carbocycles. The van der Waals surface area contributed by atoms with Gasteiger partial charge in [0.1, 0.15) is 0 Å². The Kier molecular flexibility index (Phi) is 5.57. The second kappa shape index (κ2) is 6.96. The quantitative estimate of drug-likeness (QED) is 0.509. The normalized spacial score (nSPS) is 37.3. The van der Waals surface area contributed by atoms with Crippen molar-refractivity contribution < 1.29 is 0 Å². The van der Waals surface area contributed by atoms with Crippen molar-refractivity contribution in [2.45, 2.75) is 97.3 Å². The van der Waals surface area contributed by atoms with Gasteiger partial charge in [-0.25, -0.2) is 0 Å². The summed E-state index contributed by atoms with van der Waals surface area (Å²) in [6.45, 7) is 5.11. The SMILES string of the molecule is CC1CCCCC(C)(C2CCCCCCC2)CC1. The molecule has 0 heterocycles. The molecule has 106 valence electrons. The highest BCUT2D eigenvalue weighted by Gasteiger charge is 2.34. The van der Waals surface area contributed by atoms with Gasteiger partial charge in [-0.05, 0) is 42.9 Å². The van der Waals surface area contributed by atoms with Crippen molar-refractivity contribution in [1.29, 1.82) is 0 Å². The fourth-order valence-corrected chi connectivity index (χ4v) is 4.43. The summed E-state index contributed by atoms with van der Waals surface area (Å²) in [4.78, 5) is 0. The first kappa shape index (κ1) is 14.4. The lowest BCUT2D eigenvalue weighted by Gasteiger charge is -2.41. The minimum atomic E-state index is 0.687. The second-order valence-electron chi connectivity index (χ2n) is 7.59. The Hall–Kier alpha value is 0. The molecule has 0 amide bonds. The third kappa shape index (κ3) is 4.00. The first-order valence-electron chi connectivity index (χ1n) is 8.71. The minimum Gasteiger partial charge on any atom is -0.0625 e. The van der Waals surface area contributed by atoms with E-state index in [9.17, 15) is 0 Å². The van der Waals surface area contributed by atoms with Crippen LogP contribution in [-0.4, -0.2) is 0 Å². The average Bonchev–Trinajstić information content (AvgIpc) is 2.30. The summed E-state index contributed by atoms with van der Waals surface area (Å²) in [7, 11) is 0. The smallest absolute Gasteiger partial charge is 0.0297 e. The zero-order valence-electron chi connectivity index (χ0n) is 12.8. The zero-order valence-corrected chi connectivity index (χ0v) is 12.8. The lowest BCUT2D eigenvalue weighted by atomic mass is 9.64. The molecular formula is C18H34. The van der Waals surface area contributed by atoms with E-state index in [0.717, 1.165) is 11.8 Å². The van der Waals surface area contributed by atoms with Gasteiger partial charge in [0.15, 0.2) is 0 Å². The first-order chi connectivity index (χ1) is 8.71. The summed E-state index contributed by atoms with van der Waals surface area (Å²) >= 11 is 0. The molecule has 2 unspecified atom stereocenters. The molecule has 0 spiro atoms. The summed E-state index contributed by atoms with van der Waals surface area (Å²) in [5, 5.41) is 0. The van der Waals surface area contributed by atoms with Crippen molar-refractivity contribution in [2.75, 3.05) is 0 Å². The molecule has 0 aliphatic heterocycles. The average molecular weight is 250 g/mol. The molecule has 2 saturated carbocycles. The van der Waals surface area contributed by atoms with Crippen LogP contribution in [0.15, 0.2) is 0 Å². The van der Waals surface area contributed by atoms with Crippen molar-refractivity contribution in [3.05, 3.63) is 0 Å². The predicted octanol–water partition coefficient (Wildman–Crippen LogP) is 6.34. The molecule has 0 aromatic heterocycles. The van der Waals surface area contributed by atoms with Gasteiger partial charge in [-0.2, -0.15) is 0 Å². The Balaban J connectivity index is 1.96. The molecule has 0 nitrogen and oxygen atoms in total. The maximum atomic E-state index is 2.64. The van der Waals surface area contributed by atoms with Gasteiger partial charge < -0.3 is 0 Å². The van der Waals surface area contributed by atoms with Crippen LogP contribution in [0, 0.1) is 17.3 Å². The molecular weight excluding hydrogens is 216 g/mol. The van der Waals surface area contributed by atoms with Crippen LogP contribution in [0.3, 0.4) is 0 Å². The monoisotopic (exact) mass is 250 g/mol. The number of rotatable bonds is 1. The Morgan fingerprint density at radius 1 is 0.667 bits per heavy atom. The molecule has 2 aliphatic rings. The van der Waals surface area contributed by atoms with Crippen LogP contribution in [-0.2, 0) is 0 Å². The maximum Gasteiger partial charge on any atom is -0.0297 e. The largest absolute Gasteiger partial charge is 0.0625 e. The van der Waals surface area contributed by atoms with Crippen molar-refractivity contribution >= 4 is 0 Å². The van der Waals surface area contributed by atoms with Gasteiger partial charge in [0.2, 0.25) is 0 Å². The van der Waals surface area contributed by atoms with Crippen LogP contribution in [0.5, 0.6) is 0 Å². The van der Waals surface area contributed by atoms with Gasteiger partial charge in [0, 0.05) is 0 Å². The Morgan fingerprint density at radius 3 is 2.00 bits per heavy atom. The van der Waals surface area contributed by atoms with Crippen molar-refractivity contribution in [3.63, 3.8) is 0 Å². The van der Waals surface area contributed by atoms with Crippen LogP contribution >= 0.6 is 0 Å². The van der Waals surface area contributed by atoms with Crippen LogP contribution in [0.25, 0.3) is 0 Å². The van der Waals surface area contributed by atoms with Gasteiger partial charge >= 0.3 is 0 Å². The summed E-state index contributed by atoms with van der Waals surface area (Å²) in [5.74, 6) is 2.03. The van der Waals surface area contributed by atoms with Gasteiger partial charge in [0.25, 0.3) is 0 Å². The third-order valence-electron chi connectivity index (χ3n) is 5.99. The summed E-state index contributed by atoms with van der Waals surface area (Å²) in [6.07, 6.45) is 19.6. The molecule has 0 aromatic rings. The summed E-state index contributed by atoms with van der Waals surface area (Å²) in [5.41, 5.74) is 0.687. The first-order valence-corrected chi connectivity index (χ1v) is 8.71. The zero-order chi connectivity index (χ0) is 12.8. The van der Waals surface area contributed by atoms with Crippen LogP contribution in [0.4, 0.5) is 0 Å². The molecule has 2 fully saturated rings. The highest BCUT2D eigenvalue weighted by atomic mass is 14.4. The highest BCUT2D eigenvalue weighted by molar-refractivity contribution is 4.85. The number of hydrogen-bond donors (Lipinski definition) is 0. The van der Waals surface area contributed by atoms with Crippen molar-refractivity contribution in [2.24, 2.45) is 17.3 Å². The standard InChI is InChI=1S/C18H34/c1-16-10-8-9-14-18(2,15-13-16)17-11-6-4-3-5-7-12-17/h16-17H,3-15H2,1-2H3. The molecule has 18 heavy (non-hydrogen) atoms. The molecule has 0 saturated heterocycles. The third-order valence-corrected chi connectivity index (χ3v) is 5.99. The number of hydrogen-bond acceptors (Lipinski definition) is 0. The summed E-state index contributed by atoms with van der Waals surface area (Å²) < 4.78 is 0. The second-order valence-corrected chi connectivity index (χ2v) is 7.59. The Bertz CT molecular complexity index is 224. The van der Waals surface area contributed by atoms with Crippen molar-refractivity contribution in [1.82, 2.24) is 0 Å². The van der Waals surface area contributed by atoms with E-state index in [-0.39, 0.29) is 0 Å². The van der Waals surface area contributed by atoms with E-state index in [4.69, 9.17) is 0 Å². The van der Waals surface area contributed by atoms with Gasteiger partial charge in [-0.1, -0.05) is 71.6 Å². The molecule has 0 radical (unpaired) electrons. The fourth-order valence-electron chi connectivity index (χ4n) is 4.43. The summed E-state index contributed by atoms with van der Waals surface area (Å²) in [6, 6.07) is 0. The van der Waals surface area contributed by atoms with Crippen LogP contribution < -0.4 is 0 Å². The van der Waals surface area contributed by atoms with E-state index in [2.05, 4.69) is 13.8 Å². The van der Waals surface area contributed by atoms with Gasteiger partial charge in [-0.3, -0.25) is 0 Å². The predicted molar refractivity (Wildman–Crippen MR) is 80.8 cm³/mol. The van der Waals surface area contributed by atoms with Gasteiger partial charge in [-0.15, -0.1) is 0 Å². The van der Waals surface area contributed by atoms with Crippen LogP contribution in [0.1, 0.15) is 97.3 Å². The molecule has 0 bridgehead atoms. The van der Waals surface area contributed by atoms with E-state index < -0.39 is 0 Å². The Morgan fingerprint density at radius 2 is 1.28 bits per heavy atom. The lowest BCUT2D eigenvalue weighted by Crippen LogP contribution is -2.30. The van der Waals surface area contributed by atoms with Crippen molar-refractivity contribution in [3.8, 4) is 0 Å². The molecule has 2 rings (SSSR count). The highest BCUT2D eigenvalue weighted by Crippen LogP contribution is 2.46. The molecule has 0 heteroatoms. The molecule has 0 N–H and O–H groups in total. The lowest BCUT2D eigenvalue weighted by molar-refractivity contribution is 0.100. The van der Waals surface area contributed by atoms with E-state index in [1.54, 1.807) is 0 Å². The van der Waals surface area contributed by atoms with Gasteiger partial charge in [0.05, 0.1) is 0 Å². The van der Waals surface area contributed by atoms with E-state index in [1.165, 1.54) is 83.5 Å². The van der Waals surface area contributed by atoms with E-state index in [1.807, 2.05) is 0 Å². The van der Waals surface area contributed by atoms with E-state index in [0.29, 0.717) is 5.41 Å². The molecule has 2 atom stereocenters. The Labute approximate surface area is 115 Å². The maximum absolute atomic E-state index is 2.64.